The lowest BCUT2D eigenvalue weighted by Crippen LogP contribution is -2.47. The van der Waals surface area contributed by atoms with E-state index >= 15 is 0 Å². The average Bonchev–Trinajstić information content (AvgIpc) is 2.87. The van der Waals surface area contributed by atoms with E-state index in [0.717, 1.165) is 12.8 Å². The fourth-order valence-electron chi connectivity index (χ4n) is 3.15. The predicted molar refractivity (Wildman–Crippen MR) is 69.6 cm³/mol. The number of carbonyl (C=O) groups is 2. The molecule has 0 bridgehead atoms. The van der Waals surface area contributed by atoms with Gasteiger partial charge in [-0.2, -0.15) is 0 Å². The Balaban J connectivity index is 2.00. The van der Waals surface area contributed by atoms with Crippen molar-refractivity contribution in [3.05, 3.63) is 0 Å². The monoisotopic (exact) mass is 269 g/mol. The average molecular weight is 269 g/mol. The zero-order valence-corrected chi connectivity index (χ0v) is 11.7. The Kier molecular flexibility index (Phi) is 4.45. The Bertz CT molecular complexity index is 355. The van der Waals surface area contributed by atoms with Crippen molar-refractivity contribution in [1.29, 1.82) is 0 Å². The lowest BCUT2D eigenvalue weighted by Gasteiger charge is -2.34. The van der Waals surface area contributed by atoms with E-state index in [9.17, 15) is 9.59 Å². The third-order valence-corrected chi connectivity index (χ3v) is 4.19. The van der Waals surface area contributed by atoms with Crippen molar-refractivity contribution in [2.75, 3.05) is 19.7 Å². The van der Waals surface area contributed by atoms with Crippen LogP contribution in [0.15, 0.2) is 0 Å². The van der Waals surface area contributed by atoms with Gasteiger partial charge in [0, 0.05) is 19.7 Å². The van der Waals surface area contributed by atoms with Crippen LogP contribution in [-0.4, -0.2) is 47.7 Å². The smallest absolute Gasteiger partial charge is 0.308 e. The van der Waals surface area contributed by atoms with Crippen LogP contribution in [-0.2, 0) is 14.3 Å². The molecular formula is C14H23NO4. The molecule has 0 aliphatic carbocycles. The first-order chi connectivity index (χ1) is 9.00. The minimum absolute atomic E-state index is 0.0160. The minimum Gasteiger partial charge on any atom is -0.481 e. The van der Waals surface area contributed by atoms with E-state index in [1.165, 1.54) is 0 Å². The normalized spacial score (nSPS) is 31.7. The number of piperidine rings is 1. The third kappa shape index (κ3) is 3.08. The van der Waals surface area contributed by atoms with E-state index in [4.69, 9.17) is 9.84 Å². The van der Waals surface area contributed by atoms with Crippen LogP contribution < -0.4 is 0 Å². The van der Waals surface area contributed by atoms with E-state index < -0.39 is 11.9 Å². The summed E-state index contributed by atoms with van der Waals surface area (Å²) in [6.45, 7) is 5.80. The fraction of sp³-hybridized carbons (Fsp3) is 0.857. The van der Waals surface area contributed by atoms with E-state index in [-0.39, 0.29) is 17.9 Å². The molecule has 0 radical (unpaired) electrons. The molecule has 1 N–H and O–H groups in total. The van der Waals surface area contributed by atoms with Crippen molar-refractivity contribution in [2.24, 2.45) is 17.8 Å². The molecule has 0 aromatic carbocycles. The molecule has 2 aliphatic heterocycles. The Morgan fingerprint density at radius 1 is 1.32 bits per heavy atom. The molecule has 5 heteroatoms. The van der Waals surface area contributed by atoms with Gasteiger partial charge in [-0.15, -0.1) is 0 Å². The van der Waals surface area contributed by atoms with Crippen LogP contribution in [0.3, 0.4) is 0 Å². The Hall–Kier alpha value is -1.10. The first-order valence-corrected chi connectivity index (χ1v) is 7.14. The zero-order valence-electron chi connectivity index (χ0n) is 11.7. The standard InChI is InChI=1S/C14H23NO4/c1-9(2)12-11(5-7-19-12)13(16)15-6-3-4-10(8-15)14(17)18/h9-12H,3-8H2,1-2H3,(H,17,18). The summed E-state index contributed by atoms with van der Waals surface area (Å²) in [7, 11) is 0. The van der Waals surface area contributed by atoms with Gasteiger partial charge in [-0.3, -0.25) is 9.59 Å². The maximum atomic E-state index is 12.5. The molecule has 2 aliphatic rings. The van der Waals surface area contributed by atoms with Gasteiger partial charge in [-0.05, 0) is 25.2 Å². The minimum atomic E-state index is -0.791. The molecule has 108 valence electrons. The summed E-state index contributed by atoms with van der Waals surface area (Å²) in [5.74, 6) is -0.885. The zero-order chi connectivity index (χ0) is 14.0. The van der Waals surface area contributed by atoms with Gasteiger partial charge in [-0.1, -0.05) is 13.8 Å². The molecule has 0 spiro atoms. The maximum absolute atomic E-state index is 12.5. The largest absolute Gasteiger partial charge is 0.481 e. The van der Waals surface area contributed by atoms with Gasteiger partial charge in [0.15, 0.2) is 0 Å². The number of aliphatic carboxylic acids is 1. The van der Waals surface area contributed by atoms with Crippen LogP contribution >= 0.6 is 0 Å². The number of hydrogen-bond acceptors (Lipinski definition) is 3. The molecule has 0 aromatic rings. The van der Waals surface area contributed by atoms with Gasteiger partial charge in [-0.25, -0.2) is 0 Å². The molecule has 3 unspecified atom stereocenters. The first-order valence-electron chi connectivity index (χ1n) is 7.14. The quantitative estimate of drug-likeness (QED) is 0.840. The van der Waals surface area contributed by atoms with Crippen molar-refractivity contribution in [3.8, 4) is 0 Å². The van der Waals surface area contributed by atoms with Crippen LogP contribution in [0.2, 0.25) is 0 Å². The van der Waals surface area contributed by atoms with E-state index in [1.54, 1.807) is 4.90 Å². The van der Waals surface area contributed by atoms with Crippen molar-refractivity contribution in [2.45, 2.75) is 39.2 Å². The highest BCUT2D eigenvalue weighted by molar-refractivity contribution is 5.81. The molecule has 0 aromatic heterocycles. The summed E-state index contributed by atoms with van der Waals surface area (Å²) in [6.07, 6.45) is 2.20. The van der Waals surface area contributed by atoms with Gasteiger partial charge >= 0.3 is 5.97 Å². The maximum Gasteiger partial charge on any atom is 0.308 e. The Morgan fingerprint density at radius 2 is 2.05 bits per heavy atom. The van der Waals surface area contributed by atoms with Crippen LogP contribution in [0, 0.1) is 17.8 Å². The van der Waals surface area contributed by atoms with E-state index in [0.29, 0.717) is 32.0 Å². The number of likely N-dealkylation sites (tertiary alicyclic amines) is 1. The number of ether oxygens (including phenoxy) is 1. The van der Waals surface area contributed by atoms with Crippen molar-refractivity contribution in [1.82, 2.24) is 4.90 Å². The van der Waals surface area contributed by atoms with Crippen molar-refractivity contribution < 1.29 is 19.4 Å². The summed E-state index contributed by atoms with van der Waals surface area (Å²) in [5, 5.41) is 9.08. The molecule has 2 heterocycles. The molecule has 2 fully saturated rings. The van der Waals surface area contributed by atoms with Gasteiger partial charge < -0.3 is 14.7 Å². The molecule has 0 saturated carbocycles. The Labute approximate surface area is 113 Å². The number of nitrogens with zero attached hydrogens (tertiary/aromatic N) is 1. The summed E-state index contributed by atoms with van der Waals surface area (Å²) in [4.78, 5) is 25.3. The third-order valence-electron chi connectivity index (χ3n) is 4.19. The fourth-order valence-corrected chi connectivity index (χ4v) is 3.15. The number of rotatable bonds is 3. The predicted octanol–water partition coefficient (Wildman–Crippen LogP) is 1.37. The second-order valence-corrected chi connectivity index (χ2v) is 5.94. The molecule has 3 atom stereocenters. The molecule has 1 amide bonds. The first kappa shape index (κ1) is 14.3. The summed E-state index contributed by atoms with van der Waals surface area (Å²) >= 11 is 0. The van der Waals surface area contributed by atoms with Crippen LogP contribution in [0.5, 0.6) is 0 Å². The van der Waals surface area contributed by atoms with E-state index in [2.05, 4.69) is 13.8 Å². The summed E-state index contributed by atoms with van der Waals surface area (Å²) in [5.41, 5.74) is 0. The van der Waals surface area contributed by atoms with Gasteiger partial charge in [0.25, 0.3) is 0 Å². The van der Waals surface area contributed by atoms with Crippen LogP contribution in [0.4, 0.5) is 0 Å². The van der Waals surface area contributed by atoms with Crippen molar-refractivity contribution in [3.63, 3.8) is 0 Å². The Morgan fingerprint density at radius 3 is 2.68 bits per heavy atom. The molecule has 2 rings (SSSR count). The van der Waals surface area contributed by atoms with Gasteiger partial charge in [0.1, 0.15) is 0 Å². The number of carbonyl (C=O) groups excluding carboxylic acids is 1. The topological polar surface area (TPSA) is 66.8 Å². The summed E-state index contributed by atoms with van der Waals surface area (Å²) in [6, 6.07) is 0. The van der Waals surface area contributed by atoms with Crippen LogP contribution in [0.25, 0.3) is 0 Å². The SMILES string of the molecule is CC(C)C1OCCC1C(=O)N1CCCC(C(=O)O)C1. The molecule has 5 nitrogen and oxygen atoms in total. The van der Waals surface area contributed by atoms with Crippen LogP contribution in [0.1, 0.15) is 33.1 Å². The lowest BCUT2D eigenvalue weighted by molar-refractivity contribution is -0.147. The highest BCUT2D eigenvalue weighted by Gasteiger charge is 2.39. The highest BCUT2D eigenvalue weighted by Crippen LogP contribution is 2.30. The second-order valence-electron chi connectivity index (χ2n) is 5.94. The number of carboxylic acids is 1. The molecular weight excluding hydrogens is 246 g/mol. The van der Waals surface area contributed by atoms with Gasteiger partial charge in [0.05, 0.1) is 17.9 Å². The highest BCUT2D eigenvalue weighted by atomic mass is 16.5. The van der Waals surface area contributed by atoms with E-state index in [1.807, 2.05) is 0 Å². The molecule has 2 saturated heterocycles. The number of carboxylic acid groups (broad SMARTS) is 1. The summed E-state index contributed by atoms with van der Waals surface area (Å²) < 4.78 is 5.65. The molecule has 19 heavy (non-hydrogen) atoms. The number of hydrogen-bond donors (Lipinski definition) is 1. The lowest BCUT2D eigenvalue weighted by atomic mass is 9.90. The number of amides is 1. The van der Waals surface area contributed by atoms with Crippen molar-refractivity contribution >= 4 is 11.9 Å². The second kappa shape index (κ2) is 5.90. The van der Waals surface area contributed by atoms with Gasteiger partial charge in [0.2, 0.25) is 5.91 Å².